The molecule has 1 aromatic heterocycles. The van der Waals surface area contributed by atoms with Gasteiger partial charge in [0.15, 0.2) is 5.76 Å². The van der Waals surface area contributed by atoms with Crippen LogP contribution in [0.3, 0.4) is 0 Å². The predicted octanol–water partition coefficient (Wildman–Crippen LogP) is 5.58. The molecule has 3 aromatic carbocycles. The molecular formula is C23H21NO2. The van der Waals surface area contributed by atoms with Gasteiger partial charge >= 0.3 is 0 Å². The maximum Gasteiger partial charge on any atom is 0.173 e. The molecule has 1 heterocycles. The number of aliphatic hydroxyl groups is 1. The molecule has 0 atom stereocenters. The van der Waals surface area contributed by atoms with Crippen molar-refractivity contribution < 1.29 is 9.63 Å². The Kier molecular flexibility index (Phi) is 4.09. The summed E-state index contributed by atoms with van der Waals surface area (Å²) in [5.41, 5.74) is 6.89. The Labute approximate surface area is 152 Å². The minimum Gasteiger partial charge on any atom is -0.391 e. The summed E-state index contributed by atoms with van der Waals surface area (Å²) in [5.74, 6) is 0.658. The first-order valence-corrected chi connectivity index (χ1v) is 8.76. The van der Waals surface area contributed by atoms with Gasteiger partial charge in [-0.3, -0.25) is 0 Å². The highest BCUT2D eigenvalue weighted by atomic mass is 16.5. The zero-order valence-corrected chi connectivity index (χ0v) is 15.2. The van der Waals surface area contributed by atoms with E-state index >= 15 is 0 Å². The standard InChI is InChI=1S/C23H21NO2/c1-14-11-15(2)21(16(3)12-14)23-20(13-25)22(24-26-23)19-10-6-8-17-7-4-5-9-18(17)19/h4-12,25H,13H2,1-3H3. The van der Waals surface area contributed by atoms with Crippen LogP contribution in [-0.4, -0.2) is 10.3 Å². The molecular weight excluding hydrogens is 322 g/mol. The van der Waals surface area contributed by atoms with Crippen molar-refractivity contribution in [3.8, 4) is 22.6 Å². The third-order valence-corrected chi connectivity index (χ3v) is 4.90. The van der Waals surface area contributed by atoms with Gasteiger partial charge in [-0.25, -0.2) is 0 Å². The second-order valence-corrected chi connectivity index (χ2v) is 6.80. The summed E-state index contributed by atoms with van der Waals surface area (Å²) in [6.45, 7) is 6.09. The average Bonchev–Trinajstić information content (AvgIpc) is 3.03. The van der Waals surface area contributed by atoms with Crippen LogP contribution in [0.1, 0.15) is 22.3 Å². The highest BCUT2D eigenvalue weighted by Crippen LogP contribution is 2.38. The second-order valence-electron chi connectivity index (χ2n) is 6.80. The highest BCUT2D eigenvalue weighted by Gasteiger charge is 2.22. The van der Waals surface area contributed by atoms with Gasteiger partial charge in [0.25, 0.3) is 0 Å². The van der Waals surface area contributed by atoms with Gasteiger partial charge in [0.1, 0.15) is 5.69 Å². The van der Waals surface area contributed by atoms with Crippen LogP contribution in [0.2, 0.25) is 0 Å². The first-order valence-electron chi connectivity index (χ1n) is 8.76. The Balaban J connectivity index is 1.97. The number of fused-ring (bicyclic) bond motifs is 1. The van der Waals surface area contributed by atoms with Crippen LogP contribution in [0.15, 0.2) is 59.1 Å². The number of benzene rings is 3. The maximum atomic E-state index is 10.1. The summed E-state index contributed by atoms with van der Waals surface area (Å²) in [7, 11) is 0. The fourth-order valence-electron chi connectivity index (χ4n) is 3.83. The van der Waals surface area contributed by atoms with E-state index in [1.807, 2.05) is 24.3 Å². The third-order valence-electron chi connectivity index (χ3n) is 4.90. The second kappa shape index (κ2) is 6.43. The van der Waals surface area contributed by atoms with E-state index in [9.17, 15) is 5.11 Å². The van der Waals surface area contributed by atoms with Crippen molar-refractivity contribution in [1.29, 1.82) is 0 Å². The zero-order chi connectivity index (χ0) is 18.3. The van der Waals surface area contributed by atoms with Crippen molar-refractivity contribution >= 4 is 10.8 Å². The summed E-state index contributed by atoms with van der Waals surface area (Å²) in [4.78, 5) is 0. The predicted molar refractivity (Wildman–Crippen MR) is 105 cm³/mol. The molecule has 0 aliphatic heterocycles. The fourth-order valence-corrected chi connectivity index (χ4v) is 3.83. The van der Waals surface area contributed by atoms with Gasteiger partial charge in [0.05, 0.1) is 12.2 Å². The fraction of sp³-hybridized carbons (Fsp3) is 0.174. The Morgan fingerprint density at radius 3 is 2.35 bits per heavy atom. The summed E-state index contributed by atoms with van der Waals surface area (Å²) >= 11 is 0. The minimum atomic E-state index is -0.121. The molecule has 1 N–H and O–H groups in total. The average molecular weight is 343 g/mol. The summed E-state index contributed by atoms with van der Waals surface area (Å²) in [5, 5.41) is 16.7. The molecule has 0 saturated heterocycles. The number of hydrogen-bond acceptors (Lipinski definition) is 3. The normalized spacial score (nSPS) is 11.2. The molecule has 0 fully saturated rings. The molecule has 0 aliphatic carbocycles. The monoisotopic (exact) mass is 343 g/mol. The number of nitrogens with zero attached hydrogens (tertiary/aromatic N) is 1. The van der Waals surface area contributed by atoms with Crippen LogP contribution < -0.4 is 0 Å². The molecule has 0 aliphatic rings. The largest absolute Gasteiger partial charge is 0.391 e. The molecule has 0 bridgehead atoms. The van der Waals surface area contributed by atoms with E-state index in [4.69, 9.17) is 4.52 Å². The Morgan fingerprint density at radius 1 is 0.923 bits per heavy atom. The van der Waals surface area contributed by atoms with E-state index in [1.54, 1.807) is 0 Å². The number of aliphatic hydroxyl groups excluding tert-OH is 1. The molecule has 3 nitrogen and oxygen atoms in total. The van der Waals surface area contributed by atoms with Gasteiger partial charge in [0, 0.05) is 11.1 Å². The molecule has 4 rings (SSSR count). The SMILES string of the molecule is Cc1cc(C)c(-c2onc(-c3cccc4ccccc34)c2CO)c(C)c1. The topological polar surface area (TPSA) is 46.3 Å². The quantitative estimate of drug-likeness (QED) is 0.528. The lowest BCUT2D eigenvalue weighted by molar-refractivity contribution is 0.281. The van der Waals surface area contributed by atoms with Crippen LogP contribution in [0.4, 0.5) is 0 Å². The van der Waals surface area contributed by atoms with E-state index in [0.29, 0.717) is 11.5 Å². The summed E-state index contributed by atoms with van der Waals surface area (Å²) in [6.07, 6.45) is 0. The number of aryl methyl sites for hydroxylation is 3. The molecule has 0 unspecified atom stereocenters. The van der Waals surface area contributed by atoms with E-state index in [0.717, 1.165) is 38.6 Å². The molecule has 0 saturated carbocycles. The van der Waals surface area contributed by atoms with Crippen molar-refractivity contribution in [3.63, 3.8) is 0 Å². The number of rotatable bonds is 3. The van der Waals surface area contributed by atoms with Crippen molar-refractivity contribution in [3.05, 3.63) is 76.9 Å². The van der Waals surface area contributed by atoms with Crippen LogP contribution in [0.25, 0.3) is 33.4 Å². The van der Waals surface area contributed by atoms with E-state index < -0.39 is 0 Å². The molecule has 26 heavy (non-hydrogen) atoms. The van der Waals surface area contributed by atoms with Crippen LogP contribution in [0.5, 0.6) is 0 Å². The summed E-state index contributed by atoms with van der Waals surface area (Å²) < 4.78 is 5.77. The Hall–Kier alpha value is -2.91. The minimum absolute atomic E-state index is 0.121. The molecule has 0 spiro atoms. The first-order chi connectivity index (χ1) is 12.6. The third kappa shape index (κ3) is 2.61. The first kappa shape index (κ1) is 16.6. The van der Waals surface area contributed by atoms with Gasteiger partial charge in [-0.05, 0) is 42.7 Å². The smallest absolute Gasteiger partial charge is 0.173 e. The Morgan fingerprint density at radius 2 is 1.62 bits per heavy atom. The van der Waals surface area contributed by atoms with Gasteiger partial charge in [-0.1, -0.05) is 65.3 Å². The van der Waals surface area contributed by atoms with Crippen LogP contribution in [-0.2, 0) is 6.61 Å². The van der Waals surface area contributed by atoms with Gasteiger partial charge < -0.3 is 9.63 Å². The lowest BCUT2D eigenvalue weighted by atomic mass is 9.93. The number of aromatic nitrogens is 1. The van der Waals surface area contributed by atoms with E-state index in [1.165, 1.54) is 5.56 Å². The summed E-state index contributed by atoms with van der Waals surface area (Å²) in [6, 6.07) is 18.6. The maximum absolute atomic E-state index is 10.1. The van der Waals surface area contributed by atoms with E-state index in [-0.39, 0.29) is 6.61 Å². The molecule has 4 aromatic rings. The number of hydrogen-bond donors (Lipinski definition) is 1. The molecule has 3 heteroatoms. The molecule has 130 valence electrons. The van der Waals surface area contributed by atoms with Crippen molar-refractivity contribution in [2.24, 2.45) is 0 Å². The van der Waals surface area contributed by atoms with Gasteiger partial charge in [-0.15, -0.1) is 0 Å². The lowest BCUT2D eigenvalue weighted by Crippen LogP contribution is -1.94. The Bertz CT molecular complexity index is 1080. The molecule has 0 amide bonds. The van der Waals surface area contributed by atoms with Crippen molar-refractivity contribution in [2.45, 2.75) is 27.4 Å². The van der Waals surface area contributed by atoms with Crippen molar-refractivity contribution in [1.82, 2.24) is 5.16 Å². The van der Waals surface area contributed by atoms with Gasteiger partial charge in [0.2, 0.25) is 0 Å². The van der Waals surface area contributed by atoms with E-state index in [2.05, 4.69) is 56.3 Å². The van der Waals surface area contributed by atoms with Crippen LogP contribution >= 0.6 is 0 Å². The molecule has 0 radical (unpaired) electrons. The van der Waals surface area contributed by atoms with Crippen LogP contribution in [0, 0.1) is 20.8 Å². The van der Waals surface area contributed by atoms with Crippen molar-refractivity contribution in [2.75, 3.05) is 0 Å². The van der Waals surface area contributed by atoms with Gasteiger partial charge in [-0.2, -0.15) is 0 Å². The zero-order valence-electron chi connectivity index (χ0n) is 15.2. The highest BCUT2D eigenvalue weighted by molar-refractivity contribution is 5.97. The lowest BCUT2D eigenvalue weighted by Gasteiger charge is -2.10.